The van der Waals surface area contributed by atoms with Crippen LogP contribution in [0.4, 0.5) is 5.69 Å². The molecule has 5 nitrogen and oxygen atoms in total. The number of piperazine rings is 1. The molecular weight excluding hydrogens is 288 g/mol. The molecule has 1 aromatic carbocycles. The molecule has 1 heterocycles. The van der Waals surface area contributed by atoms with Gasteiger partial charge in [0, 0.05) is 44.1 Å². The molecule has 0 atom stereocenters. The van der Waals surface area contributed by atoms with E-state index in [-0.39, 0.29) is 17.5 Å². The maximum absolute atomic E-state index is 11.9. The largest absolute Gasteiger partial charge is 0.373 e. The van der Waals surface area contributed by atoms with E-state index in [1.165, 1.54) is 11.3 Å². The molecule has 1 aromatic rings. The van der Waals surface area contributed by atoms with Crippen molar-refractivity contribution in [2.75, 3.05) is 31.1 Å². The summed E-state index contributed by atoms with van der Waals surface area (Å²) in [6, 6.07) is 10.5. The van der Waals surface area contributed by atoms with E-state index in [0.717, 1.165) is 26.2 Å². The van der Waals surface area contributed by atoms with Gasteiger partial charge in [0.05, 0.1) is 0 Å². The summed E-state index contributed by atoms with van der Waals surface area (Å²) in [4.78, 5) is 16.3. The van der Waals surface area contributed by atoms with Gasteiger partial charge in [-0.25, -0.2) is 0 Å². The number of carbonyl (C=O) groups excluding carboxylic acids is 1. The van der Waals surface area contributed by atoms with Crippen molar-refractivity contribution in [3.63, 3.8) is 0 Å². The number of carbonyl (C=O) groups is 1. The first kappa shape index (κ1) is 16.9. The first-order valence-corrected chi connectivity index (χ1v) is 7.98. The lowest BCUT2D eigenvalue weighted by Crippen LogP contribution is -2.44. The molecule has 0 radical (unpaired) electrons. The van der Waals surface area contributed by atoms with Gasteiger partial charge >= 0.3 is 0 Å². The summed E-state index contributed by atoms with van der Waals surface area (Å²) in [6.07, 6.45) is 1.69. The highest BCUT2D eigenvalue weighted by Gasteiger charge is 2.17. The Balaban J connectivity index is 1.97. The Kier molecular flexibility index (Phi) is 5.64. The zero-order valence-corrected chi connectivity index (χ0v) is 14.0. The molecule has 0 saturated carbocycles. The number of nitrogens with zero attached hydrogens (tertiary/aromatic N) is 3. The fourth-order valence-corrected chi connectivity index (χ4v) is 2.59. The van der Waals surface area contributed by atoms with Crippen LogP contribution in [0.25, 0.3) is 0 Å². The number of hydrogen-bond donors (Lipinski definition) is 1. The third-order valence-electron chi connectivity index (χ3n) is 3.78. The highest BCUT2D eigenvalue weighted by Crippen LogP contribution is 2.18. The summed E-state index contributed by atoms with van der Waals surface area (Å²) in [6.45, 7) is 9.22. The van der Waals surface area contributed by atoms with Gasteiger partial charge in [0.25, 0.3) is 5.91 Å². The van der Waals surface area contributed by atoms with Gasteiger partial charge in [-0.3, -0.25) is 4.79 Å². The van der Waals surface area contributed by atoms with E-state index >= 15 is 0 Å². The Morgan fingerprint density at radius 1 is 1.30 bits per heavy atom. The van der Waals surface area contributed by atoms with Crippen molar-refractivity contribution in [1.29, 1.82) is 5.26 Å². The molecule has 0 aliphatic carbocycles. The van der Waals surface area contributed by atoms with Crippen LogP contribution in [0.2, 0.25) is 0 Å². The third kappa shape index (κ3) is 4.75. The summed E-state index contributed by atoms with van der Waals surface area (Å²) in [5.41, 5.74) is 2.65. The van der Waals surface area contributed by atoms with Gasteiger partial charge in [0.15, 0.2) is 0 Å². The Bertz CT molecular complexity index is 622. The summed E-state index contributed by atoms with van der Waals surface area (Å²) >= 11 is 0. The van der Waals surface area contributed by atoms with E-state index in [0.29, 0.717) is 0 Å². The average Bonchev–Trinajstić information content (AvgIpc) is 2.52. The molecular formula is C18H24N4O. The average molecular weight is 312 g/mol. The Morgan fingerprint density at radius 2 is 2.00 bits per heavy atom. The van der Waals surface area contributed by atoms with Gasteiger partial charge in [0.1, 0.15) is 11.6 Å². The van der Waals surface area contributed by atoms with Gasteiger partial charge in [-0.1, -0.05) is 12.1 Å². The van der Waals surface area contributed by atoms with Crippen molar-refractivity contribution < 1.29 is 4.79 Å². The van der Waals surface area contributed by atoms with Gasteiger partial charge in [-0.15, -0.1) is 0 Å². The topological polar surface area (TPSA) is 59.4 Å². The van der Waals surface area contributed by atoms with Gasteiger partial charge < -0.3 is 15.1 Å². The van der Waals surface area contributed by atoms with E-state index in [2.05, 4.69) is 41.4 Å². The number of rotatable bonds is 4. The minimum absolute atomic E-state index is 0.0254. The van der Waals surface area contributed by atoms with Crippen LogP contribution < -0.4 is 10.2 Å². The molecule has 1 amide bonds. The summed E-state index contributed by atoms with van der Waals surface area (Å²) in [5.74, 6) is -0.302. The third-order valence-corrected chi connectivity index (χ3v) is 3.78. The normalized spacial score (nSPS) is 15.5. The van der Waals surface area contributed by atoms with Crippen molar-refractivity contribution in [1.82, 2.24) is 10.2 Å². The number of aryl methyl sites for hydroxylation is 1. The first-order valence-electron chi connectivity index (χ1n) is 7.98. The number of hydrogen-bond acceptors (Lipinski definition) is 4. The SMILES string of the molecule is Cc1cccc(N2CCN(/C=C(/C#N)C(=O)NC(C)C)CC2)c1. The van der Waals surface area contributed by atoms with Crippen LogP contribution in [0.3, 0.4) is 0 Å². The predicted molar refractivity (Wildman–Crippen MR) is 91.9 cm³/mol. The van der Waals surface area contributed by atoms with Crippen LogP contribution in [-0.4, -0.2) is 43.0 Å². The molecule has 0 spiro atoms. The van der Waals surface area contributed by atoms with Crippen LogP contribution in [0.5, 0.6) is 0 Å². The van der Waals surface area contributed by atoms with Crippen molar-refractivity contribution in [2.45, 2.75) is 26.8 Å². The van der Waals surface area contributed by atoms with Gasteiger partial charge in [-0.05, 0) is 38.5 Å². The molecule has 1 N–H and O–H groups in total. The first-order chi connectivity index (χ1) is 11.0. The second kappa shape index (κ2) is 7.68. The molecule has 0 aromatic heterocycles. The lowest BCUT2D eigenvalue weighted by atomic mass is 10.2. The van der Waals surface area contributed by atoms with Crippen LogP contribution >= 0.6 is 0 Å². The quantitative estimate of drug-likeness (QED) is 0.683. The zero-order chi connectivity index (χ0) is 16.8. The van der Waals surface area contributed by atoms with Gasteiger partial charge in [-0.2, -0.15) is 5.26 Å². The summed E-state index contributed by atoms with van der Waals surface area (Å²) < 4.78 is 0. The fraction of sp³-hybridized carbons (Fsp3) is 0.444. The number of amides is 1. The van der Waals surface area contributed by atoms with Crippen LogP contribution in [0.1, 0.15) is 19.4 Å². The lowest BCUT2D eigenvalue weighted by Gasteiger charge is -2.35. The lowest BCUT2D eigenvalue weighted by molar-refractivity contribution is -0.117. The molecule has 0 bridgehead atoms. The monoisotopic (exact) mass is 312 g/mol. The molecule has 122 valence electrons. The highest BCUT2D eigenvalue weighted by atomic mass is 16.1. The molecule has 2 rings (SSSR count). The summed E-state index contributed by atoms with van der Waals surface area (Å²) in [5, 5.41) is 11.9. The Morgan fingerprint density at radius 3 is 2.57 bits per heavy atom. The second-order valence-corrected chi connectivity index (χ2v) is 6.14. The van der Waals surface area contributed by atoms with Crippen molar-refractivity contribution in [2.24, 2.45) is 0 Å². The molecule has 1 aliphatic heterocycles. The minimum Gasteiger partial charge on any atom is -0.373 e. The Hall–Kier alpha value is -2.48. The summed E-state index contributed by atoms with van der Waals surface area (Å²) in [7, 11) is 0. The van der Waals surface area contributed by atoms with E-state index in [4.69, 9.17) is 0 Å². The van der Waals surface area contributed by atoms with Crippen LogP contribution in [0, 0.1) is 18.3 Å². The predicted octanol–water partition coefficient (Wildman–Crippen LogP) is 2.05. The van der Waals surface area contributed by atoms with Crippen molar-refractivity contribution in [3.8, 4) is 6.07 Å². The maximum atomic E-state index is 11.9. The van der Waals surface area contributed by atoms with Gasteiger partial charge in [0.2, 0.25) is 0 Å². The second-order valence-electron chi connectivity index (χ2n) is 6.14. The van der Waals surface area contributed by atoms with Crippen molar-refractivity contribution >= 4 is 11.6 Å². The number of nitrogens with one attached hydrogen (secondary N) is 1. The van der Waals surface area contributed by atoms with Crippen LogP contribution in [-0.2, 0) is 4.79 Å². The minimum atomic E-state index is -0.302. The zero-order valence-electron chi connectivity index (χ0n) is 14.0. The number of anilines is 1. The number of benzene rings is 1. The van der Waals surface area contributed by atoms with E-state index in [1.807, 2.05) is 24.8 Å². The van der Waals surface area contributed by atoms with E-state index < -0.39 is 0 Å². The Labute approximate surface area is 138 Å². The number of nitriles is 1. The molecule has 23 heavy (non-hydrogen) atoms. The maximum Gasteiger partial charge on any atom is 0.263 e. The highest BCUT2D eigenvalue weighted by molar-refractivity contribution is 5.97. The molecule has 1 aliphatic rings. The molecule has 0 unspecified atom stereocenters. The van der Waals surface area contributed by atoms with Crippen molar-refractivity contribution in [3.05, 3.63) is 41.6 Å². The van der Waals surface area contributed by atoms with E-state index in [9.17, 15) is 10.1 Å². The fourth-order valence-electron chi connectivity index (χ4n) is 2.59. The smallest absolute Gasteiger partial charge is 0.263 e. The molecule has 1 saturated heterocycles. The molecule has 5 heteroatoms. The molecule has 1 fully saturated rings. The van der Waals surface area contributed by atoms with Crippen LogP contribution in [0.15, 0.2) is 36.0 Å². The van der Waals surface area contributed by atoms with E-state index in [1.54, 1.807) is 6.20 Å². The standard InChI is InChI=1S/C18H24N4O/c1-14(2)20-18(23)16(12-19)13-21-7-9-22(10-8-21)17-6-4-5-15(3)11-17/h4-6,11,13-14H,7-10H2,1-3H3,(H,20,23)/b16-13-.